The van der Waals surface area contributed by atoms with E-state index in [1.54, 1.807) is 0 Å². The van der Waals surface area contributed by atoms with Gasteiger partial charge in [-0.2, -0.15) is 0 Å². The number of aliphatic hydroxyl groups is 1. The Morgan fingerprint density at radius 1 is 1.29 bits per heavy atom. The van der Waals surface area contributed by atoms with Crippen molar-refractivity contribution in [3.05, 3.63) is 0 Å². The zero-order valence-corrected chi connectivity index (χ0v) is 12.3. The van der Waals surface area contributed by atoms with Crippen LogP contribution in [-0.2, 0) is 0 Å². The largest absolute Gasteiger partial charge is 0.390 e. The Kier molecular flexibility index (Phi) is 5.99. The molecule has 1 saturated carbocycles. The molecule has 1 nitrogen and oxygen atoms in total. The molecule has 17 heavy (non-hydrogen) atoms. The minimum atomic E-state index is -0.360. The Hall–Kier alpha value is -0.0400. The second kappa shape index (κ2) is 6.78. The summed E-state index contributed by atoms with van der Waals surface area (Å²) < 4.78 is 0. The van der Waals surface area contributed by atoms with E-state index < -0.39 is 0 Å². The van der Waals surface area contributed by atoms with Crippen molar-refractivity contribution < 1.29 is 5.11 Å². The SMILES string of the molecule is CCCCC(CC)CC1(O)CCC(C)CC1C. The standard InChI is InChI=1S/C16H32O/c1-5-7-8-15(6-2)12-16(17)10-9-13(3)11-14(16)4/h13-15,17H,5-12H2,1-4H3. The fourth-order valence-electron chi connectivity index (χ4n) is 3.43. The molecule has 4 unspecified atom stereocenters. The Morgan fingerprint density at radius 3 is 2.53 bits per heavy atom. The normalized spacial score (nSPS) is 35.8. The minimum Gasteiger partial charge on any atom is -0.390 e. The highest BCUT2D eigenvalue weighted by molar-refractivity contribution is 4.91. The zero-order chi connectivity index (χ0) is 12.9. The van der Waals surface area contributed by atoms with Crippen LogP contribution in [0, 0.1) is 17.8 Å². The average molecular weight is 240 g/mol. The smallest absolute Gasteiger partial charge is 0.0676 e. The lowest BCUT2D eigenvalue weighted by molar-refractivity contribution is -0.0712. The van der Waals surface area contributed by atoms with Crippen LogP contribution in [0.1, 0.15) is 79.1 Å². The molecular formula is C16H32O. The van der Waals surface area contributed by atoms with Gasteiger partial charge in [0.1, 0.15) is 0 Å². The van der Waals surface area contributed by atoms with Gasteiger partial charge in [0.25, 0.3) is 0 Å². The molecule has 0 bridgehead atoms. The van der Waals surface area contributed by atoms with Crippen LogP contribution < -0.4 is 0 Å². The first-order valence-corrected chi connectivity index (χ1v) is 7.74. The summed E-state index contributed by atoms with van der Waals surface area (Å²) in [5.74, 6) is 2.03. The average Bonchev–Trinajstić information content (AvgIpc) is 2.30. The molecule has 0 spiro atoms. The molecule has 0 amide bonds. The second-order valence-electron chi connectivity index (χ2n) is 6.50. The molecule has 1 N–H and O–H groups in total. The van der Waals surface area contributed by atoms with E-state index in [0.29, 0.717) is 5.92 Å². The maximum atomic E-state index is 10.9. The van der Waals surface area contributed by atoms with Gasteiger partial charge in [0, 0.05) is 0 Å². The lowest BCUT2D eigenvalue weighted by atomic mass is 9.68. The van der Waals surface area contributed by atoms with Gasteiger partial charge < -0.3 is 5.11 Å². The highest BCUT2D eigenvalue weighted by Gasteiger charge is 2.39. The molecule has 1 heteroatoms. The first-order chi connectivity index (χ1) is 8.01. The Bertz CT molecular complexity index is 214. The molecule has 102 valence electrons. The molecule has 0 radical (unpaired) electrons. The van der Waals surface area contributed by atoms with E-state index in [1.807, 2.05) is 0 Å². The number of unbranched alkanes of at least 4 members (excludes halogenated alkanes) is 1. The van der Waals surface area contributed by atoms with Crippen LogP contribution in [0.2, 0.25) is 0 Å². The summed E-state index contributed by atoms with van der Waals surface area (Å²) in [6.07, 6.45) is 9.62. The molecule has 0 aliphatic heterocycles. The van der Waals surface area contributed by atoms with Crippen molar-refractivity contribution >= 4 is 0 Å². The molecule has 1 rings (SSSR count). The van der Waals surface area contributed by atoms with Crippen LogP contribution in [0.3, 0.4) is 0 Å². The first kappa shape index (κ1) is 15.0. The van der Waals surface area contributed by atoms with Crippen LogP contribution in [0.5, 0.6) is 0 Å². The summed E-state index contributed by atoms with van der Waals surface area (Å²) in [5, 5.41) is 10.9. The first-order valence-electron chi connectivity index (χ1n) is 7.74. The molecule has 1 aliphatic carbocycles. The summed E-state index contributed by atoms with van der Waals surface area (Å²) in [5.41, 5.74) is -0.360. The summed E-state index contributed by atoms with van der Waals surface area (Å²) in [6.45, 7) is 9.11. The van der Waals surface area contributed by atoms with Gasteiger partial charge in [-0.1, -0.05) is 53.4 Å². The van der Waals surface area contributed by atoms with Gasteiger partial charge in [-0.05, 0) is 43.4 Å². The Morgan fingerprint density at radius 2 is 2.00 bits per heavy atom. The number of hydrogen-bond donors (Lipinski definition) is 1. The van der Waals surface area contributed by atoms with Gasteiger partial charge >= 0.3 is 0 Å². The van der Waals surface area contributed by atoms with Gasteiger partial charge in [-0.15, -0.1) is 0 Å². The van der Waals surface area contributed by atoms with Crippen molar-refractivity contribution in [2.24, 2.45) is 17.8 Å². The van der Waals surface area contributed by atoms with E-state index in [2.05, 4.69) is 27.7 Å². The topological polar surface area (TPSA) is 20.2 Å². The van der Waals surface area contributed by atoms with Crippen molar-refractivity contribution in [3.8, 4) is 0 Å². The van der Waals surface area contributed by atoms with Crippen molar-refractivity contribution in [2.45, 2.75) is 84.7 Å². The lowest BCUT2D eigenvalue weighted by Gasteiger charge is -2.42. The third-order valence-electron chi connectivity index (χ3n) is 4.93. The van der Waals surface area contributed by atoms with Crippen LogP contribution >= 0.6 is 0 Å². The monoisotopic (exact) mass is 240 g/mol. The van der Waals surface area contributed by atoms with Gasteiger partial charge in [0.05, 0.1) is 5.60 Å². The molecule has 0 aromatic carbocycles. The molecule has 1 fully saturated rings. The number of rotatable bonds is 6. The maximum Gasteiger partial charge on any atom is 0.0676 e. The van der Waals surface area contributed by atoms with E-state index in [-0.39, 0.29) is 5.60 Å². The van der Waals surface area contributed by atoms with Crippen molar-refractivity contribution in [1.29, 1.82) is 0 Å². The van der Waals surface area contributed by atoms with Gasteiger partial charge in [0.2, 0.25) is 0 Å². The van der Waals surface area contributed by atoms with E-state index in [4.69, 9.17) is 0 Å². The molecular weight excluding hydrogens is 208 g/mol. The van der Waals surface area contributed by atoms with Crippen LogP contribution in [-0.4, -0.2) is 10.7 Å². The molecule has 0 aromatic rings. The quantitative estimate of drug-likeness (QED) is 0.708. The lowest BCUT2D eigenvalue weighted by Crippen LogP contribution is -2.42. The van der Waals surface area contributed by atoms with Crippen molar-refractivity contribution in [1.82, 2.24) is 0 Å². The number of hydrogen-bond acceptors (Lipinski definition) is 1. The Balaban J connectivity index is 2.51. The third kappa shape index (κ3) is 4.28. The van der Waals surface area contributed by atoms with Crippen molar-refractivity contribution in [3.63, 3.8) is 0 Å². The van der Waals surface area contributed by atoms with Crippen LogP contribution in [0.4, 0.5) is 0 Å². The predicted molar refractivity (Wildman–Crippen MR) is 75.1 cm³/mol. The molecule has 1 aliphatic rings. The van der Waals surface area contributed by atoms with Crippen LogP contribution in [0.15, 0.2) is 0 Å². The van der Waals surface area contributed by atoms with E-state index in [9.17, 15) is 5.11 Å². The van der Waals surface area contributed by atoms with E-state index >= 15 is 0 Å². The fraction of sp³-hybridized carbons (Fsp3) is 1.00. The second-order valence-corrected chi connectivity index (χ2v) is 6.50. The highest BCUT2D eigenvalue weighted by atomic mass is 16.3. The fourth-order valence-corrected chi connectivity index (χ4v) is 3.43. The maximum absolute atomic E-state index is 10.9. The predicted octanol–water partition coefficient (Wildman–Crippen LogP) is 4.78. The van der Waals surface area contributed by atoms with Crippen molar-refractivity contribution in [2.75, 3.05) is 0 Å². The van der Waals surface area contributed by atoms with E-state index in [1.165, 1.54) is 38.5 Å². The van der Waals surface area contributed by atoms with Gasteiger partial charge in [-0.3, -0.25) is 0 Å². The molecule has 4 atom stereocenters. The highest BCUT2D eigenvalue weighted by Crippen LogP contribution is 2.41. The summed E-state index contributed by atoms with van der Waals surface area (Å²) >= 11 is 0. The van der Waals surface area contributed by atoms with E-state index in [0.717, 1.165) is 24.7 Å². The minimum absolute atomic E-state index is 0.360. The summed E-state index contributed by atoms with van der Waals surface area (Å²) in [6, 6.07) is 0. The zero-order valence-electron chi connectivity index (χ0n) is 12.3. The third-order valence-corrected chi connectivity index (χ3v) is 4.93. The molecule has 0 saturated heterocycles. The summed E-state index contributed by atoms with van der Waals surface area (Å²) in [7, 11) is 0. The van der Waals surface area contributed by atoms with Crippen LogP contribution in [0.25, 0.3) is 0 Å². The van der Waals surface area contributed by atoms with Gasteiger partial charge in [-0.25, -0.2) is 0 Å². The van der Waals surface area contributed by atoms with Gasteiger partial charge in [0.15, 0.2) is 0 Å². The molecule has 0 heterocycles. The summed E-state index contributed by atoms with van der Waals surface area (Å²) in [4.78, 5) is 0. The Labute approximate surface area is 108 Å². The molecule has 0 aromatic heterocycles.